The highest BCUT2D eigenvalue weighted by molar-refractivity contribution is 6.18. The number of ketones is 4. The molecule has 0 unspecified atom stereocenters. The third-order valence-corrected chi connectivity index (χ3v) is 8.03. The van der Waals surface area contributed by atoms with Gasteiger partial charge in [-0.15, -0.1) is 0 Å². The number of aliphatic hydroxyl groups excluding tert-OH is 4. The van der Waals surface area contributed by atoms with E-state index in [2.05, 4.69) is 0 Å². The van der Waals surface area contributed by atoms with Gasteiger partial charge in [-0.2, -0.15) is 0 Å². The summed E-state index contributed by atoms with van der Waals surface area (Å²) in [6.07, 6.45) is -7.63. The molecule has 2 aliphatic heterocycles. The Bertz CT molecular complexity index is 918. The number of epoxide rings is 1. The van der Waals surface area contributed by atoms with Crippen LogP contribution in [-0.4, -0.2) is 92.9 Å². The van der Waals surface area contributed by atoms with E-state index in [-0.39, 0.29) is 12.2 Å². The molecule has 0 amide bonds. The molecule has 10 heteroatoms. The zero-order valence-corrected chi connectivity index (χ0v) is 17.6. The molecule has 0 radical (unpaired) electrons. The predicted molar refractivity (Wildman–Crippen MR) is 101 cm³/mol. The monoisotopic (exact) mass is 438 g/mol. The first-order valence-electron chi connectivity index (χ1n) is 10.1. The van der Waals surface area contributed by atoms with Gasteiger partial charge in [0.05, 0.1) is 30.8 Å². The normalized spacial score (nSPS) is 45.8. The van der Waals surface area contributed by atoms with Gasteiger partial charge in [0.15, 0.2) is 11.6 Å². The van der Waals surface area contributed by atoms with E-state index in [9.17, 15) is 39.6 Å². The topological polar surface area (TPSA) is 171 Å². The minimum Gasteiger partial charge on any atom is -0.396 e. The number of fused-ring (bicyclic) bond motifs is 2. The Hall–Kier alpha value is -1.82. The summed E-state index contributed by atoms with van der Waals surface area (Å²) in [5.74, 6) is -4.73. The van der Waals surface area contributed by atoms with Crippen LogP contribution in [0.1, 0.15) is 27.7 Å². The van der Waals surface area contributed by atoms with Crippen molar-refractivity contribution in [3.63, 3.8) is 0 Å². The number of carbonyl (C=O) groups is 4. The van der Waals surface area contributed by atoms with Gasteiger partial charge in [0.1, 0.15) is 41.4 Å². The number of Topliss-reactive ketones (excluding diaryl/α,β-unsaturated/α-hetero) is 4. The summed E-state index contributed by atoms with van der Waals surface area (Å²) in [5.41, 5.74) is -5.59. The number of carbonyl (C=O) groups excluding carboxylic acids is 4. The first kappa shape index (κ1) is 22.4. The van der Waals surface area contributed by atoms with Crippen molar-refractivity contribution in [1.29, 1.82) is 0 Å². The smallest absolute Gasteiger partial charge is 0.189 e. The fraction of sp³-hybridized carbons (Fsp3) is 0.714. The van der Waals surface area contributed by atoms with Crippen molar-refractivity contribution in [2.24, 2.45) is 16.7 Å². The maximum Gasteiger partial charge on any atom is 0.189 e. The van der Waals surface area contributed by atoms with E-state index in [4.69, 9.17) is 9.47 Å². The van der Waals surface area contributed by atoms with Gasteiger partial charge in [-0.05, 0) is 20.8 Å². The molecule has 8 atom stereocenters. The largest absolute Gasteiger partial charge is 0.396 e. The fourth-order valence-corrected chi connectivity index (χ4v) is 6.38. The van der Waals surface area contributed by atoms with Crippen molar-refractivity contribution in [2.45, 2.75) is 63.8 Å². The van der Waals surface area contributed by atoms with E-state index in [0.29, 0.717) is 0 Å². The number of rotatable bonds is 5. The Labute approximate surface area is 177 Å². The molecule has 2 heterocycles. The predicted octanol–water partition coefficient (Wildman–Crippen LogP) is -2.13. The molecule has 170 valence electrons. The molecule has 2 aliphatic carbocycles. The number of hydrogen-bond donors (Lipinski definition) is 4. The molecule has 2 saturated heterocycles. The summed E-state index contributed by atoms with van der Waals surface area (Å²) in [5, 5.41) is 43.4. The maximum absolute atomic E-state index is 13.4. The molecular weight excluding hydrogens is 412 g/mol. The molecule has 0 aromatic heterocycles. The van der Waals surface area contributed by atoms with Gasteiger partial charge in [0.2, 0.25) is 0 Å². The Morgan fingerprint density at radius 1 is 1.13 bits per heavy atom. The second-order valence-electron chi connectivity index (χ2n) is 9.26. The van der Waals surface area contributed by atoms with Crippen molar-refractivity contribution >= 4 is 23.1 Å². The van der Waals surface area contributed by atoms with Crippen molar-refractivity contribution in [1.82, 2.24) is 0 Å². The van der Waals surface area contributed by atoms with Gasteiger partial charge in [-0.25, -0.2) is 0 Å². The van der Waals surface area contributed by atoms with Gasteiger partial charge in [0.25, 0.3) is 0 Å². The zero-order chi connectivity index (χ0) is 23.3. The van der Waals surface area contributed by atoms with Crippen LogP contribution in [-0.2, 0) is 28.7 Å². The molecule has 3 fully saturated rings. The molecule has 4 aliphatic rings. The SMILES string of the molecule is CC(=O)C1=C(C(C(C)=O)C(C)=O)C(=O)[C@@H](O)[C@@]2(CO)[C@@H]1O[C@@H]1[C@H](O)[C@@H](O)[C@@]2(C)[C@@]12CO2. The van der Waals surface area contributed by atoms with Crippen LogP contribution in [0.2, 0.25) is 0 Å². The van der Waals surface area contributed by atoms with Crippen molar-refractivity contribution < 1.29 is 49.1 Å². The van der Waals surface area contributed by atoms with E-state index in [1.807, 2.05) is 0 Å². The van der Waals surface area contributed by atoms with Crippen LogP contribution >= 0.6 is 0 Å². The Balaban J connectivity index is 2.06. The molecule has 0 aromatic rings. The van der Waals surface area contributed by atoms with Crippen LogP contribution in [0.25, 0.3) is 0 Å². The molecule has 2 bridgehead atoms. The molecule has 4 N–H and O–H groups in total. The van der Waals surface area contributed by atoms with Crippen LogP contribution in [0.5, 0.6) is 0 Å². The maximum atomic E-state index is 13.4. The Morgan fingerprint density at radius 2 is 1.68 bits per heavy atom. The van der Waals surface area contributed by atoms with Crippen molar-refractivity contribution in [2.75, 3.05) is 13.2 Å². The summed E-state index contributed by atoms with van der Waals surface area (Å²) >= 11 is 0. The third kappa shape index (κ3) is 2.27. The van der Waals surface area contributed by atoms with E-state index in [1.54, 1.807) is 0 Å². The van der Waals surface area contributed by atoms with Crippen LogP contribution in [0.4, 0.5) is 0 Å². The fourth-order valence-electron chi connectivity index (χ4n) is 6.38. The quantitative estimate of drug-likeness (QED) is 0.274. The molecule has 1 spiro atoms. The summed E-state index contributed by atoms with van der Waals surface area (Å²) in [4.78, 5) is 50.7. The van der Waals surface area contributed by atoms with Crippen molar-refractivity contribution in [3.8, 4) is 0 Å². The molecular formula is C21H26O10. The summed E-state index contributed by atoms with van der Waals surface area (Å²) in [6.45, 7) is 3.95. The number of ether oxygens (including phenoxy) is 2. The van der Waals surface area contributed by atoms with E-state index in [0.717, 1.165) is 20.8 Å². The minimum atomic E-state index is -2.03. The molecule has 0 aromatic carbocycles. The summed E-state index contributed by atoms with van der Waals surface area (Å²) < 4.78 is 11.6. The van der Waals surface area contributed by atoms with E-state index >= 15 is 0 Å². The zero-order valence-electron chi connectivity index (χ0n) is 17.6. The lowest BCUT2D eigenvalue weighted by Crippen LogP contribution is -2.73. The average molecular weight is 438 g/mol. The van der Waals surface area contributed by atoms with E-state index in [1.165, 1.54) is 6.92 Å². The van der Waals surface area contributed by atoms with Gasteiger partial charge >= 0.3 is 0 Å². The second kappa shape index (κ2) is 6.60. The molecule has 31 heavy (non-hydrogen) atoms. The Morgan fingerprint density at radius 3 is 2.10 bits per heavy atom. The highest BCUT2D eigenvalue weighted by Crippen LogP contribution is 2.71. The average Bonchev–Trinajstić information content (AvgIpc) is 3.47. The second-order valence-corrected chi connectivity index (χ2v) is 9.26. The minimum absolute atomic E-state index is 0.0488. The van der Waals surface area contributed by atoms with Gasteiger partial charge in [-0.1, -0.05) is 6.92 Å². The standard InChI is InChI=1S/C21H26O10/c1-7(23)10(8(2)24)12-11(9(3)25)17-20(5-22,16(29)13(12)26)19(4)15(28)14(27)18(31-17)21(19)6-30-21/h10,14-18,22,27-29H,5-6H2,1-4H3/t14-,15-,16-,17-,18-,19-,20+,21-/m1/s1. The molecule has 4 rings (SSSR count). The lowest BCUT2D eigenvalue weighted by molar-refractivity contribution is -0.256. The van der Waals surface area contributed by atoms with Crippen LogP contribution in [0.3, 0.4) is 0 Å². The summed E-state index contributed by atoms with van der Waals surface area (Å²) in [6, 6.07) is 0. The number of hydrogen-bond acceptors (Lipinski definition) is 10. The van der Waals surface area contributed by atoms with Crippen LogP contribution in [0, 0.1) is 16.7 Å². The highest BCUT2D eigenvalue weighted by Gasteiger charge is 2.87. The van der Waals surface area contributed by atoms with Gasteiger partial charge < -0.3 is 29.9 Å². The van der Waals surface area contributed by atoms with E-state index < -0.39 is 88.2 Å². The lowest BCUT2D eigenvalue weighted by atomic mass is 9.48. The first-order chi connectivity index (χ1) is 14.3. The first-order valence-corrected chi connectivity index (χ1v) is 10.1. The van der Waals surface area contributed by atoms with Gasteiger partial charge in [-0.3, -0.25) is 19.2 Å². The van der Waals surface area contributed by atoms with Gasteiger partial charge in [0, 0.05) is 16.6 Å². The van der Waals surface area contributed by atoms with Crippen LogP contribution in [0.15, 0.2) is 11.1 Å². The molecule has 1 saturated carbocycles. The third-order valence-electron chi connectivity index (χ3n) is 8.03. The molecule has 10 nitrogen and oxygen atoms in total. The number of aliphatic hydroxyl groups is 4. The highest BCUT2D eigenvalue weighted by atomic mass is 16.6. The van der Waals surface area contributed by atoms with Crippen molar-refractivity contribution in [3.05, 3.63) is 11.1 Å². The lowest BCUT2D eigenvalue weighted by Gasteiger charge is -2.60. The Kier molecular flexibility index (Phi) is 4.76. The summed E-state index contributed by atoms with van der Waals surface area (Å²) in [7, 11) is 0. The van der Waals surface area contributed by atoms with Crippen LogP contribution < -0.4 is 0 Å².